The van der Waals surface area contributed by atoms with E-state index in [2.05, 4.69) is 36.7 Å². The zero-order chi connectivity index (χ0) is 17.1. The maximum atomic E-state index is 5.91. The number of ether oxygens (including phenoxy) is 1. The molecule has 0 spiro atoms. The Morgan fingerprint density at radius 1 is 1.32 bits per heavy atom. The summed E-state index contributed by atoms with van der Waals surface area (Å²) in [6.45, 7) is 6.31. The molecule has 4 rings (SSSR count). The molecule has 130 valence electrons. The maximum Gasteiger partial charge on any atom is 0.213 e. The molecule has 0 radical (unpaired) electrons. The molecule has 4 heterocycles. The highest BCUT2D eigenvalue weighted by Gasteiger charge is 2.23. The number of pyridine rings is 1. The highest BCUT2D eigenvalue weighted by atomic mass is 32.1. The molecule has 1 aliphatic heterocycles. The number of hydrogen-bond donors (Lipinski definition) is 0. The van der Waals surface area contributed by atoms with Gasteiger partial charge >= 0.3 is 0 Å². The molecule has 1 atom stereocenters. The van der Waals surface area contributed by atoms with Crippen molar-refractivity contribution in [1.29, 1.82) is 0 Å². The average molecular weight is 355 g/mol. The molecule has 7 heteroatoms. The van der Waals surface area contributed by atoms with Gasteiger partial charge in [-0.25, -0.2) is 15.0 Å². The number of fused-ring (bicyclic) bond motifs is 1. The van der Waals surface area contributed by atoms with Crippen LogP contribution in [0.1, 0.15) is 16.4 Å². The van der Waals surface area contributed by atoms with Gasteiger partial charge in [-0.05, 0) is 13.0 Å². The Morgan fingerprint density at radius 3 is 3.08 bits per heavy atom. The smallest absolute Gasteiger partial charge is 0.213 e. The van der Waals surface area contributed by atoms with Gasteiger partial charge in [0.15, 0.2) is 0 Å². The quantitative estimate of drug-likeness (QED) is 0.704. The molecule has 1 aliphatic rings. The minimum absolute atomic E-state index is 0.372. The highest BCUT2D eigenvalue weighted by molar-refractivity contribution is 7.09. The van der Waals surface area contributed by atoms with Gasteiger partial charge in [0.05, 0.1) is 29.3 Å². The van der Waals surface area contributed by atoms with E-state index in [0.29, 0.717) is 18.4 Å². The van der Waals surface area contributed by atoms with E-state index in [1.54, 1.807) is 17.5 Å². The van der Waals surface area contributed by atoms with Crippen LogP contribution in [0.4, 0.5) is 0 Å². The lowest BCUT2D eigenvalue weighted by molar-refractivity contribution is 0.163. The standard InChI is InChI=1S/C18H21N5OS/c1-14-21-16(12-25-14)9-22-7-15(8-23-13-19-6-17(23)10-22)11-24-18-4-2-3-5-20-18/h2-6,12-13,15H,7-11H2,1H3. The van der Waals surface area contributed by atoms with Crippen molar-refractivity contribution in [2.75, 3.05) is 13.2 Å². The first-order valence-corrected chi connectivity index (χ1v) is 9.30. The van der Waals surface area contributed by atoms with Crippen molar-refractivity contribution in [1.82, 2.24) is 24.4 Å². The van der Waals surface area contributed by atoms with Crippen LogP contribution in [-0.4, -0.2) is 37.6 Å². The van der Waals surface area contributed by atoms with Crippen LogP contribution in [0.15, 0.2) is 42.3 Å². The van der Waals surface area contributed by atoms with Gasteiger partial charge in [0.1, 0.15) is 0 Å². The molecule has 1 unspecified atom stereocenters. The van der Waals surface area contributed by atoms with Gasteiger partial charge in [-0.3, -0.25) is 4.90 Å². The lowest BCUT2D eigenvalue weighted by atomic mass is 10.1. The lowest BCUT2D eigenvalue weighted by Gasteiger charge is -2.23. The van der Waals surface area contributed by atoms with E-state index in [1.807, 2.05) is 30.7 Å². The molecule has 0 aliphatic carbocycles. The van der Waals surface area contributed by atoms with Gasteiger partial charge in [-0.15, -0.1) is 11.3 Å². The summed E-state index contributed by atoms with van der Waals surface area (Å²) in [5.41, 5.74) is 2.38. The minimum atomic E-state index is 0.372. The van der Waals surface area contributed by atoms with E-state index in [9.17, 15) is 0 Å². The van der Waals surface area contributed by atoms with Gasteiger partial charge in [-0.1, -0.05) is 6.07 Å². The minimum Gasteiger partial charge on any atom is -0.477 e. The molecule has 3 aromatic rings. The topological polar surface area (TPSA) is 56.1 Å². The van der Waals surface area contributed by atoms with E-state index in [-0.39, 0.29) is 0 Å². The number of imidazole rings is 1. The highest BCUT2D eigenvalue weighted by Crippen LogP contribution is 2.20. The van der Waals surface area contributed by atoms with Crippen molar-refractivity contribution in [3.63, 3.8) is 0 Å². The molecule has 0 saturated heterocycles. The third-order valence-corrected chi connectivity index (χ3v) is 5.13. The molecule has 3 aromatic heterocycles. The molecule has 0 aromatic carbocycles. The maximum absolute atomic E-state index is 5.91. The lowest BCUT2D eigenvalue weighted by Crippen LogP contribution is -2.31. The third kappa shape index (κ3) is 4.05. The number of aromatic nitrogens is 4. The molecular weight excluding hydrogens is 334 g/mol. The van der Waals surface area contributed by atoms with Gasteiger partial charge < -0.3 is 9.30 Å². The second kappa shape index (κ2) is 7.33. The Labute approximate surface area is 151 Å². The Morgan fingerprint density at radius 2 is 2.28 bits per heavy atom. The summed E-state index contributed by atoms with van der Waals surface area (Å²) in [4.78, 5) is 15.6. The van der Waals surface area contributed by atoms with Crippen molar-refractivity contribution in [2.45, 2.75) is 26.6 Å². The van der Waals surface area contributed by atoms with Crippen LogP contribution in [0.3, 0.4) is 0 Å². The van der Waals surface area contributed by atoms with Gasteiger partial charge in [0.25, 0.3) is 0 Å². The number of rotatable bonds is 5. The fraction of sp³-hybridized carbons (Fsp3) is 0.389. The summed E-state index contributed by atoms with van der Waals surface area (Å²) in [6, 6.07) is 5.74. The number of thiazole rings is 1. The zero-order valence-electron chi connectivity index (χ0n) is 14.2. The fourth-order valence-corrected chi connectivity index (χ4v) is 3.81. The summed E-state index contributed by atoms with van der Waals surface area (Å²) in [6.07, 6.45) is 5.63. The third-order valence-electron chi connectivity index (χ3n) is 4.31. The predicted octanol–water partition coefficient (Wildman–Crippen LogP) is 2.75. The monoisotopic (exact) mass is 355 g/mol. The Hall–Kier alpha value is -2.25. The van der Waals surface area contributed by atoms with Crippen molar-refractivity contribution in [3.05, 3.63) is 58.7 Å². The van der Waals surface area contributed by atoms with Crippen molar-refractivity contribution < 1.29 is 4.74 Å². The van der Waals surface area contributed by atoms with E-state index in [0.717, 1.165) is 36.9 Å². The van der Waals surface area contributed by atoms with E-state index in [1.165, 1.54) is 5.69 Å². The van der Waals surface area contributed by atoms with E-state index < -0.39 is 0 Å². The summed E-state index contributed by atoms with van der Waals surface area (Å²) in [5, 5.41) is 3.27. The second-order valence-corrected chi connectivity index (χ2v) is 7.47. The van der Waals surface area contributed by atoms with Crippen LogP contribution in [0.2, 0.25) is 0 Å². The van der Waals surface area contributed by atoms with Crippen molar-refractivity contribution >= 4 is 11.3 Å². The largest absolute Gasteiger partial charge is 0.477 e. The van der Waals surface area contributed by atoms with Crippen molar-refractivity contribution in [2.24, 2.45) is 5.92 Å². The van der Waals surface area contributed by atoms with Crippen LogP contribution >= 0.6 is 11.3 Å². The van der Waals surface area contributed by atoms with E-state index in [4.69, 9.17) is 4.74 Å². The molecule has 6 nitrogen and oxygen atoms in total. The summed E-state index contributed by atoms with van der Waals surface area (Å²) in [5.74, 6) is 1.05. The van der Waals surface area contributed by atoms with Crippen LogP contribution < -0.4 is 4.74 Å². The second-order valence-electron chi connectivity index (χ2n) is 6.41. The molecule has 0 saturated carbocycles. The van der Waals surface area contributed by atoms with Gasteiger partial charge in [0, 0.05) is 55.9 Å². The molecule has 25 heavy (non-hydrogen) atoms. The van der Waals surface area contributed by atoms with Gasteiger partial charge in [-0.2, -0.15) is 0 Å². The number of aryl methyl sites for hydroxylation is 1. The summed E-state index contributed by atoms with van der Waals surface area (Å²) < 4.78 is 8.15. The molecular formula is C18H21N5OS. The van der Waals surface area contributed by atoms with Crippen LogP contribution in [0.25, 0.3) is 0 Å². The Balaban J connectivity index is 1.47. The van der Waals surface area contributed by atoms with Crippen molar-refractivity contribution in [3.8, 4) is 5.88 Å². The molecule has 0 bridgehead atoms. The SMILES string of the molecule is Cc1nc(CN2Cc3cncn3CC(COc3ccccn3)C2)cs1. The first-order valence-electron chi connectivity index (χ1n) is 8.42. The molecule has 0 N–H and O–H groups in total. The molecule has 0 amide bonds. The first kappa shape index (κ1) is 16.2. The molecule has 0 fully saturated rings. The predicted molar refractivity (Wildman–Crippen MR) is 96.4 cm³/mol. The number of nitrogens with zero attached hydrogens (tertiary/aromatic N) is 5. The normalized spacial score (nSPS) is 17.9. The first-order chi connectivity index (χ1) is 12.3. The fourth-order valence-electron chi connectivity index (χ4n) is 3.21. The summed E-state index contributed by atoms with van der Waals surface area (Å²) >= 11 is 1.71. The Kier molecular flexibility index (Phi) is 4.76. The Bertz CT molecular complexity index is 816. The summed E-state index contributed by atoms with van der Waals surface area (Å²) in [7, 11) is 0. The van der Waals surface area contributed by atoms with Gasteiger partial charge in [0.2, 0.25) is 5.88 Å². The number of hydrogen-bond acceptors (Lipinski definition) is 6. The van der Waals surface area contributed by atoms with Crippen LogP contribution in [0, 0.1) is 12.8 Å². The van der Waals surface area contributed by atoms with Crippen LogP contribution in [-0.2, 0) is 19.6 Å². The van der Waals surface area contributed by atoms with E-state index >= 15 is 0 Å². The average Bonchev–Trinajstić information content (AvgIpc) is 3.19. The van der Waals surface area contributed by atoms with Crippen LogP contribution in [0.5, 0.6) is 5.88 Å². The zero-order valence-corrected chi connectivity index (χ0v) is 15.0.